The lowest BCUT2D eigenvalue weighted by Gasteiger charge is -2.26. The van der Waals surface area contributed by atoms with Crippen molar-refractivity contribution >= 4 is 34.7 Å². The van der Waals surface area contributed by atoms with Crippen molar-refractivity contribution in [2.75, 3.05) is 43.0 Å². The van der Waals surface area contributed by atoms with E-state index in [-0.39, 0.29) is 0 Å². The number of thiocarbonyl (C=S) groups is 1. The number of hydrogen-bond acceptors (Lipinski definition) is 4. The third-order valence-corrected chi connectivity index (χ3v) is 4.21. The minimum absolute atomic E-state index is 0.451. The predicted molar refractivity (Wildman–Crippen MR) is 84.6 cm³/mol. The first-order valence-corrected chi connectivity index (χ1v) is 7.76. The van der Waals surface area contributed by atoms with Crippen molar-refractivity contribution in [3.8, 4) is 0 Å². The summed E-state index contributed by atoms with van der Waals surface area (Å²) in [7, 11) is 0. The second-order valence-corrected chi connectivity index (χ2v) is 5.99. The van der Waals surface area contributed by atoms with Gasteiger partial charge in [0.15, 0.2) is 0 Å². The van der Waals surface area contributed by atoms with E-state index in [1.807, 2.05) is 36.0 Å². The van der Waals surface area contributed by atoms with Crippen LogP contribution in [-0.4, -0.2) is 47.6 Å². The monoisotopic (exact) mass is 281 g/mol. The van der Waals surface area contributed by atoms with Gasteiger partial charge in [-0.05, 0) is 24.3 Å². The fraction of sp³-hybridized carbons (Fsp3) is 0.462. The Balaban J connectivity index is 1.74. The molecule has 1 heterocycles. The quantitative estimate of drug-likeness (QED) is 0.805. The van der Waals surface area contributed by atoms with E-state index in [0.29, 0.717) is 4.99 Å². The smallest absolute Gasteiger partial charge is 0.103 e. The molecule has 0 bridgehead atoms. The number of hydrogen-bond donors (Lipinski definition) is 2. The minimum Gasteiger partial charge on any atom is -0.389 e. The molecule has 0 radical (unpaired) electrons. The Morgan fingerprint density at radius 2 is 1.94 bits per heavy atom. The fourth-order valence-electron chi connectivity index (χ4n) is 1.94. The summed E-state index contributed by atoms with van der Waals surface area (Å²) >= 11 is 6.97. The topological polar surface area (TPSA) is 41.3 Å². The summed E-state index contributed by atoms with van der Waals surface area (Å²) in [5.41, 5.74) is 7.61. The lowest BCUT2D eigenvalue weighted by Crippen LogP contribution is -2.36. The Kier molecular flexibility index (Phi) is 5.28. The summed E-state index contributed by atoms with van der Waals surface area (Å²) in [5, 5.41) is 3.43. The van der Waals surface area contributed by atoms with Crippen LogP contribution < -0.4 is 11.1 Å². The maximum absolute atomic E-state index is 5.56. The van der Waals surface area contributed by atoms with Crippen molar-refractivity contribution in [1.29, 1.82) is 0 Å². The average Bonchev–Trinajstić information content (AvgIpc) is 2.40. The van der Waals surface area contributed by atoms with Crippen LogP contribution in [0.4, 0.5) is 5.69 Å². The standard InChI is InChI=1S/C13H19N3S2/c14-13(17)11-1-3-12(4-2-11)15-5-6-16-7-9-18-10-8-16/h1-4,15H,5-10H2,(H2,14,17). The Morgan fingerprint density at radius 3 is 2.56 bits per heavy atom. The van der Waals surface area contributed by atoms with Crippen LogP contribution in [0, 0.1) is 0 Å². The number of anilines is 1. The first-order valence-electron chi connectivity index (χ1n) is 6.19. The Hall–Kier alpha value is -0.780. The second-order valence-electron chi connectivity index (χ2n) is 4.32. The van der Waals surface area contributed by atoms with Crippen LogP contribution in [0.5, 0.6) is 0 Å². The molecule has 0 saturated carbocycles. The van der Waals surface area contributed by atoms with E-state index in [2.05, 4.69) is 10.2 Å². The van der Waals surface area contributed by atoms with Crippen molar-refractivity contribution in [2.24, 2.45) is 5.73 Å². The molecule has 2 rings (SSSR count). The highest BCUT2D eigenvalue weighted by molar-refractivity contribution is 7.99. The van der Waals surface area contributed by atoms with Crippen LogP contribution in [0.1, 0.15) is 5.56 Å². The van der Waals surface area contributed by atoms with Crippen molar-refractivity contribution in [3.63, 3.8) is 0 Å². The molecule has 1 fully saturated rings. The van der Waals surface area contributed by atoms with Crippen molar-refractivity contribution in [2.45, 2.75) is 0 Å². The summed E-state index contributed by atoms with van der Waals surface area (Å²) in [4.78, 5) is 2.96. The van der Waals surface area contributed by atoms with Gasteiger partial charge in [0.2, 0.25) is 0 Å². The van der Waals surface area contributed by atoms with Crippen molar-refractivity contribution in [3.05, 3.63) is 29.8 Å². The Labute approximate surface area is 118 Å². The molecule has 3 N–H and O–H groups in total. The van der Waals surface area contributed by atoms with Crippen molar-refractivity contribution in [1.82, 2.24) is 4.90 Å². The van der Waals surface area contributed by atoms with Crippen LogP contribution >= 0.6 is 24.0 Å². The van der Waals surface area contributed by atoms with Gasteiger partial charge in [0, 0.05) is 48.9 Å². The molecule has 0 amide bonds. The van der Waals surface area contributed by atoms with Crippen LogP contribution in [0.15, 0.2) is 24.3 Å². The lowest BCUT2D eigenvalue weighted by atomic mass is 10.2. The van der Waals surface area contributed by atoms with Gasteiger partial charge >= 0.3 is 0 Å². The molecule has 98 valence electrons. The van der Waals surface area contributed by atoms with Gasteiger partial charge in [0.05, 0.1) is 0 Å². The van der Waals surface area contributed by atoms with E-state index in [1.54, 1.807) is 0 Å². The molecule has 3 nitrogen and oxygen atoms in total. The Morgan fingerprint density at radius 1 is 1.28 bits per heavy atom. The summed E-state index contributed by atoms with van der Waals surface area (Å²) in [6, 6.07) is 7.98. The summed E-state index contributed by atoms with van der Waals surface area (Å²) in [6.07, 6.45) is 0. The minimum atomic E-state index is 0.451. The lowest BCUT2D eigenvalue weighted by molar-refractivity contribution is 0.314. The highest BCUT2D eigenvalue weighted by Crippen LogP contribution is 2.11. The number of nitrogens with one attached hydrogen (secondary N) is 1. The number of nitrogens with zero attached hydrogens (tertiary/aromatic N) is 1. The maximum atomic E-state index is 5.56. The predicted octanol–water partition coefficient (Wildman–Crippen LogP) is 1.78. The van der Waals surface area contributed by atoms with Crippen LogP contribution in [0.25, 0.3) is 0 Å². The van der Waals surface area contributed by atoms with Gasteiger partial charge in [-0.25, -0.2) is 0 Å². The zero-order valence-corrected chi connectivity index (χ0v) is 12.0. The van der Waals surface area contributed by atoms with E-state index in [4.69, 9.17) is 18.0 Å². The number of nitrogens with two attached hydrogens (primary N) is 1. The first-order chi connectivity index (χ1) is 8.75. The molecule has 0 spiro atoms. The average molecular weight is 281 g/mol. The molecular formula is C13H19N3S2. The molecular weight excluding hydrogens is 262 g/mol. The molecule has 1 aromatic carbocycles. The molecule has 1 aromatic rings. The highest BCUT2D eigenvalue weighted by atomic mass is 32.2. The first kappa shape index (κ1) is 13.6. The van der Waals surface area contributed by atoms with Gasteiger partial charge in [-0.1, -0.05) is 12.2 Å². The Bertz CT molecular complexity index is 386. The second kappa shape index (κ2) is 6.97. The molecule has 5 heteroatoms. The zero-order valence-electron chi connectivity index (χ0n) is 10.4. The molecule has 1 saturated heterocycles. The number of thioether (sulfide) groups is 1. The van der Waals surface area contributed by atoms with Crippen LogP contribution in [0.2, 0.25) is 0 Å². The van der Waals surface area contributed by atoms with Gasteiger partial charge in [-0.15, -0.1) is 0 Å². The summed E-state index contributed by atoms with van der Waals surface area (Å²) in [6.45, 7) is 4.52. The number of rotatable bonds is 5. The molecule has 0 atom stereocenters. The van der Waals surface area contributed by atoms with Gasteiger partial charge in [-0.3, -0.25) is 4.90 Å². The molecule has 0 unspecified atom stereocenters. The molecule has 1 aliphatic heterocycles. The highest BCUT2D eigenvalue weighted by Gasteiger charge is 2.09. The van der Waals surface area contributed by atoms with Crippen LogP contribution in [0.3, 0.4) is 0 Å². The largest absolute Gasteiger partial charge is 0.389 e. The van der Waals surface area contributed by atoms with Crippen LogP contribution in [-0.2, 0) is 0 Å². The summed E-state index contributed by atoms with van der Waals surface area (Å²) < 4.78 is 0. The van der Waals surface area contributed by atoms with Gasteiger partial charge in [0.1, 0.15) is 4.99 Å². The van der Waals surface area contributed by atoms with E-state index in [0.717, 1.165) is 24.3 Å². The molecule has 0 aliphatic carbocycles. The van der Waals surface area contributed by atoms with Gasteiger partial charge in [0.25, 0.3) is 0 Å². The fourth-order valence-corrected chi connectivity index (χ4v) is 3.05. The third kappa shape index (κ3) is 4.15. The molecule has 18 heavy (non-hydrogen) atoms. The maximum Gasteiger partial charge on any atom is 0.103 e. The zero-order chi connectivity index (χ0) is 12.8. The van der Waals surface area contributed by atoms with Gasteiger partial charge in [-0.2, -0.15) is 11.8 Å². The summed E-state index contributed by atoms with van der Waals surface area (Å²) in [5.74, 6) is 2.53. The molecule has 1 aliphatic rings. The van der Waals surface area contributed by atoms with E-state index in [1.165, 1.54) is 24.6 Å². The van der Waals surface area contributed by atoms with Gasteiger partial charge < -0.3 is 11.1 Å². The molecule has 0 aromatic heterocycles. The van der Waals surface area contributed by atoms with E-state index < -0.39 is 0 Å². The SMILES string of the molecule is NC(=S)c1ccc(NCCN2CCSCC2)cc1. The van der Waals surface area contributed by atoms with E-state index >= 15 is 0 Å². The van der Waals surface area contributed by atoms with E-state index in [9.17, 15) is 0 Å². The normalized spacial score (nSPS) is 16.4. The number of benzene rings is 1. The van der Waals surface area contributed by atoms with Crippen molar-refractivity contribution < 1.29 is 0 Å². The third-order valence-electron chi connectivity index (χ3n) is 3.03.